The lowest BCUT2D eigenvalue weighted by molar-refractivity contribution is 0.378. The Morgan fingerprint density at radius 2 is 2.16 bits per heavy atom. The van der Waals surface area contributed by atoms with Gasteiger partial charge in [0.05, 0.1) is 23.6 Å². The number of aromatic amines is 1. The van der Waals surface area contributed by atoms with Gasteiger partial charge in [0, 0.05) is 23.2 Å². The van der Waals surface area contributed by atoms with Gasteiger partial charge in [0.2, 0.25) is 11.8 Å². The normalized spacial score (nSPS) is 15.4. The third-order valence-corrected chi connectivity index (χ3v) is 6.19. The number of methoxy groups -OCH3 is 1. The minimum atomic E-state index is -0.366. The number of pyridine rings is 1. The molecule has 8 heteroatoms. The van der Waals surface area contributed by atoms with Gasteiger partial charge in [-0.05, 0) is 29.7 Å². The van der Waals surface area contributed by atoms with Crippen molar-refractivity contribution in [1.82, 2.24) is 15.2 Å². The van der Waals surface area contributed by atoms with Crippen molar-refractivity contribution in [3.8, 4) is 17.7 Å². The Morgan fingerprint density at radius 3 is 2.84 bits per heavy atom. The fourth-order valence-electron chi connectivity index (χ4n) is 3.72. The molecule has 0 bridgehead atoms. The van der Waals surface area contributed by atoms with Crippen molar-refractivity contribution in [3.05, 3.63) is 76.4 Å². The predicted molar refractivity (Wildman–Crippen MR) is 119 cm³/mol. The van der Waals surface area contributed by atoms with Gasteiger partial charge in [-0.3, -0.25) is 5.10 Å². The van der Waals surface area contributed by atoms with Crippen LogP contribution in [0, 0.1) is 11.3 Å². The molecule has 0 fully saturated rings. The fraction of sp³-hybridized carbons (Fsp3) is 0.261. The molecule has 0 aliphatic carbocycles. The summed E-state index contributed by atoms with van der Waals surface area (Å²) in [5.74, 6) is 1.78. The van der Waals surface area contributed by atoms with Crippen molar-refractivity contribution in [2.24, 2.45) is 5.73 Å². The van der Waals surface area contributed by atoms with E-state index in [0.717, 1.165) is 33.2 Å². The van der Waals surface area contributed by atoms with E-state index in [-0.39, 0.29) is 17.7 Å². The largest absolute Gasteiger partial charge is 0.496 e. The predicted octanol–water partition coefficient (Wildman–Crippen LogP) is 4.45. The summed E-state index contributed by atoms with van der Waals surface area (Å²) in [7, 11) is 1.65. The highest BCUT2D eigenvalue weighted by Gasteiger charge is 2.36. The number of ether oxygens (including phenoxy) is 2. The first kappa shape index (κ1) is 20.8. The van der Waals surface area contributed by atoms with Gasteiger partial charge in [-0.25, -0.2) is 4.98 Å². The van der Waals surface area contributed by atoms with Crippen molar-refractivity contribution in [1.29, 1.82) is 5.26 Å². The molecule has 0 radical (unpaired) electrons. The Balaban J connectivity index is 1.78. The average Bonchev–Trinajstić information content (AvgIpc) is 3.20. The molecule has 7 nitrogen and oxygen atoms in total. The van der Waals surface area contributed by atoms with Gasteiger partial charge >= 0.3 is 0 Å². The number of allylic oxidation sites excluding steroid dienone is 1. The molecule has 1 aliphatic rings. The van der Waals surface area contributed by atoms with Gasteiger partial charge in [-0.1, -0.05) is 32.0 Å². The minimum Gasteiger partial charge on any atom is -0.496 e. The molecule has 3 heterocycles. The second kappa shape index (κ2) is 8.74. The third kappa shape index (κ3) is 3.97. The molecule has 4 rings (SSSR count). The monoisotopic (exact) mass is 433 g/mol. The molecular formula is C23H23N5O2S. The first-order valence-corrected chi connectivity index (χ1v) is 10.9. The van der Waals surface area contributed by atoms with Crippen LogP contribution in [0.2, 0.25) is 0 Å². The number of hydrogen-bond donors (Lipinski definition) is 2. The minimum absolute atomic E-state index is 0.0852. The van der Waals surface area contributed by atoms with Gasteiger partial charge in [0.1, 0.15) is 17.4 Å². The van der Waals surface area contributed by atoms with Crippen molar-refractivity contribution >= 4 is 11.8 Å². The van der Waals surface area contributed by atoms with E-state index in [9.17, 15) is 5.26 Å². The molecule has 1 unspecified atom stereocenters. The zero-order valence-corrected chi connectivity index (χ0v) is 18.4. The van der Waals surface area contributed by atoms with Crippen LogP contribution in [0.3, 0.4) is 0 Å². The second-order valence-corrected chi connectivity index (χ2v) is 8.46. The Bertz CT molecular complexity index is 1160. The summed E-state index contributed by atoms with van der Waals surface area (Å²) in [4.78, 5) is 4.38. The highest BCUT2D eigenvalue weighted by Crippen LogP contribution is 2.45. The summed E-state index contributed by atoms with van der Waals surface area (Å²) in [5.41, 5.74) is 10.2. The van der Waals surface area contributed by atoms with E-state index in [1.807, 2.05) is 30.3 Å². The lowest BCUT2D eigenvalue weighted by atomic mass is 9.82. The van der Waals surface area contributed by atoms with Crippen LogP contribution in [0.15, 0.2) is 59.1 Å². The molecule has 1 atom stereocenters. The summed E-state index contributed by atoms with van der Waals surface area (Å²) in [6.07, 6.45) is 1.78. The molecule has 31 heavy (non-hydrogen) atoms. The number of thioether (sulfide) groups is 1. The molecule has 0 spiro atoms. The number of benzene rings is 1. The van der Waals surface area contributed by atoms with E-state index in [1.54, 1.807) is 25.1 Å². The number of hydrogen-bond acceptors (Lipinski definition) is 7. The molecule has 0 saturated heterocycles. The standard InChI is InChI=1S/C23H23N5O2S/c1-13(2)21-20-19(16(11-24)22(25)30-23(20)28-27-21)14-7-8-17(29-3)15(10-14)12-31-18-6-4-5-9-26-18/h4-10,13,19H,12,25H2,1-3H3,(H,27,28). The molecule has 158 valence electrons. The van der Waals surface area contributed by atoms with Crippen LogP contribution in [0.25, 0.3) is 0 Å². The maximum absolute atomic E-state index is 9.87. The van der Waals surface area contributed by atoms with Crippen LogP contribution in [-0.2, 0) is 5.75 Å². The summed E-state index contributed by atoms with van der Waals surface area (Å²) < 4.78 is 11.2. The first-order valence-electron chi connectivity index (χ1n) is 9.89. The van der Waals surface area contributed by atoms with E-state index >= 15 is 0 Å². The smallest absolute Gasteiger partial charge is 0.244 e. The van der Waals surface area contributed by atoms with Crippen molar-refractivity contribution < 1.29 is 9.47 Å². The van der Waals surface area contributed by atoms with E-state index in [4.69, 9.17) is 15.2 Å². The highest BCUT2D eigenvalue weighted by molar-refractivity contribution is 7.98. The van der Waals surface area contributed by atoms with Crippen LogP contribution in [0.5, 0.6) is 11.6 Å². The van der Waals surface area contributed by atoms with Gasteiger partial charge < -0.3 is 15.2 Å². The van der Waals surface area contributed by atoms with E-state index in [2.05, 4.69) is 41.2 Å². The zero-order valence-electron chi connectivity index (χ0n) is 17.5. The number of rotatable bonds is 6. The Hall–Kier alpha value is -3.44. The van der Waals surface area contributed by atoms with Crippen LogP contribution >= 0.6 is 11.8 Å². The summed E-state index contributed by atoms with van der Waals surface area (Å²) in [6.45, 7) is 4.14. The van der Waals surface area contributed by atoms with Crippen LogP contribution < -0.4 is 15.2 Å². The SMILES string of the molecule is COc1ccc(C2C(C#N)=C(N)Oc3n[nH]c(C(C)C)c32)cc1CSc1ccccn1. The molecule has 1 aliphatic heterocycles. The maximum atomic E-state index is 9.87. The van der Waals surface area contributed by atoms with Gasteiger partial charge in [0.25, 0.3) is 0 Å². The fourth-order valence-corrected chi connectivity index (χ4v) is 4.56. The number of nitrogens with one attached hydrogen (secondary N) is 1. The molecule has 0 saturated carbocycles. The Morgan fingerprint density at radius 1 is 1.32 bits per heavy atom. The molecule has 2 aromatic heterocycles. The molecule has 3 N–H and O–H groups in total. The third-order valence-electron chi connectivity index (χ3n) is 5.20. The number of H-pyrrole nitrogens is 1. The number of nitrogens with two attached hydrogens (primary N) is 1. The summed E-state index contributed by atoms with van der Waals surface area (Å²) in [6, 6.07) is 14.0. The maximum Gasteiger partial charge on any atom is 0.244 e. The number of nitrogens with zero attached hydrogens (tertiary/aromatic N) is 3. The summed E-state index contributed by atoms with van der Waals surface area (Å²) in [5, 5.41) is 18.2. The molecular weight excluding hydrogens is 410 g/mol. The molecule has 0 amide bonds. The van der Waals surface area contributed by atoms with E-state index in [0.29, 0.717) is 17.2 Å². The van der Waals surface area contributed by atoms with Crippen molar-refractivity contribution in [2.75, 3.05) is 7.11 Å². The topological polar surface area (TPSA) is 110 Å². The van der Waals surface area contributed by atoms with Crippen LogP contribution in [-0.4, -0.2) is 22.3 Å². The van der Waals surface area contributed by atoms with Gasteiger partial charge in [0.15, 0.2) is 0 Å². The van der Waals surface area contributed by atoms with E-state index < -0.39 is 0 Å². The second-order valence-electron chi connectivity index (χ2n) is 7.46. The van der Waals surface area contributed by atoms with Crippen molar-refractivity contribution in [3.63, 3.8) is 0 Å². The molecule has 3 aromatic rings. The average molecular weight is 434 g/mol. The van der Waals surface area contributed by atoms with E-state index in [1.165, 1.54) is 0 Å². The lowest BCUT2D eigenvalue weighted by Crippen LogP contribution is -2.21. The Kier molecular flexibility index (Phi) is 5.87. The number of nitriles is 1. The van der Waals surface area contributed by atoms with Gasteiger partial charge in [-0.15, -0.1) is 16.9 Å². The van der Waals surface area contributed by atoms with Gasteiger partial charge in [-0.2, -0.15) is 5.26 Å². The highest BCUT2D eigenvalue weighted by atomic mass is 32.2. The quantitative estimate of drug-likeness (QED) is 0.553. The lowest BCUT2D eigenvalue weighted by Gasteiger charge is -2.25. The number of aromatic nitrogens is 3. The summed E-state index contributed by atoms with van der Waals surface area (Å²) >= 11 is 1.62. The Labute approximate surface area is 185 Å². The van der Waals surface area contributed by atoms with Crippen LogP contribution in [0.1, 0.15) is 48.1 Å². The molecule has 1 aromatic carbocycles. The van der Waals surface area contributed by atoms with Crippen molar-refractivity contribution in [2.45, 2.75) is 36.5 Å². The first-order chi connectivity index (χ1) is 15.0. The zero-order chi connectivity index (χ0) is 22.0. The number of fused-ring (bicyclic) bond motifs is 1. The van der Waals surface area contributed by atoms with Crippen LogP contribution in [0.4, 0.5) is 0 Å².